The highest BCUT2D eigenvalue weighted by Gasteiger charge is 1.93. The maximum absolute atomic E-state index is 7.16. The molecule has 0 aromatic heterocycles. The van der Waals surface area contributed by atoms with Crippen molar-refractivity contribution in [3.63, 3.8) is 0 Å². The highest BCUT2D eigenvalue weighted by Crippen LogP contribution is 1.96. The first-order valence-corrected chi connectivity index (χ1v) is 2.55. The van der Waals surface area contributed by atoms with E-state index in [0.717, 1.165) is 13.0 Å². The van der Waals surface area contributed by atoms with E-state index in [9.17, 15) is 0 Å². The van der Waals surface area contributed by atoms with Crippen molar-refractivity contribution in [1.82, 2.24) is 5.32 Å². The molecule has 1 atom stereocenters. The number of piperidine rings is 1. The Hall–Kier alpha value is -0.0400. The second-order valence-corrected chi connectivity index (χ2v) is 1.65. The summed E-state index contributed by atoms with van der Waals surface area (Å²) in [6.07, 6.45) is 3.54. The first kappa shape index (κ1) is 3.03. The summed E-state index contributed by atoms with van der Waals surface area (Å²) in [6.45, 7) is 1.09. The second kappa shape index (κ2) is 2.19. The van der Waals surface area contributed by atoms with Crippen LogP contribution in [0, 0.1) is 0 Å². The van der Waals surface area contributed by atoms with Crippen LogP contribution in [-0.4, -0.2) is 13.1 Å². The van der Waals surface area contributed by atoms with Crippen LogP contribution in [0.4, 0.5) is 0 Å². The van der Waals surface area contributed by atoms with E-state index in [4.69, 9.17) is 1.37 Å². The second-order valence-electron chi connectivity index (χ2n) is 1.65. The van der Waals surface area contributed by atoms with E-state index < -0.39 is 0 Å². The molecule has 0 radical (unpaired) electrons. The van der Waals surface area contributed by atoms with Crippen LogP contribution in [0.15, 0.2) is 0 Å². The number of rotatable bonds is 0. The predicted molar refractivity (Wildman–Crippen MR) is 26.7 cm³/mol. The van der Waals surface area contributed by atoms with Crippen molar-refractivity contribution >= 4 is 0 Å². The van der Waals surface area contributed by atoms with Crippen LogP contribution in [0.5, 0.6) is 0 Å². The molecule has 1 heterocycles. The van der Waals surface area contributed by atoms with E-state index in [1.54, 1.807) is 0 Å². The van der Waals surface area contributed by atoms with Gasteiger partial charge >= 0.3 is 0 Å². The lowest BCUT2D eigenvalue weighted by Gasteiger charge is -2.08. The zero-order chi connectivity index (χ0) is 5.11. The Morgan fingerprint density at radius 2 is 2.33 bits per heavy atom. The lowest BCUT2D eigenvalue weighted by atomic mass is 10.2. The van der Waals surface area contributed by atoms with E-state index in [1.165, 1.54) is 12.8 Å². The third kappa shape index (κ3) is 0.977. The summed E-state index contributed by atoms with van der Waals surface area (Å²) in [5.74, 6) is 0. The van der Waals surface area contributed by atoms with E-state index in [-0.39, 0.29) is 6.52 Å². The summed E-state index contributed by atoms with van der Waals surface area (Å²) in [5, 5.41) is 3.05. The molecule has 6 heavy (non-hydrogen) atoms. The summed E-state index contributed by atoms with van der Waals surface area (Å²) in [4.78, 5) is 0. The maximum atomic E-state index is 7.16. The van der Waals surface area contributed by atoms with Gasteiger partial charge < -0.3 is 5.32 Å². The Morgan fingerprint density at radius 3 is 2.67 bits per heavy atom. The van der Waals surface area contributed by atoms with Crippen LogP contribution in [0.1, 0.15) is 20.6 Å². The van der Waals surface area contributed by atoms with Crippen LogP contribution in [0.3, 0.4) is 0 Å². The maximum Gasteiger partial charge on any atom is 0.0428 e. The minimum Gasteiger partial charge on any atom is -0.317 e. The molecule has 0 aliphatic carbocycles. The quantitative estimate of drug-likeness (QED) is 0.459. The van der Waals surface area contributed by atoms with Gasteiger partial charge in [0.2, 0.25) is 0 Å². The van der Waals surface area contributed by atoms with Gasteiger partial charge in [0.1, 0.15) is 0 Å². The number of hydrogen-bond donors (Lipinski definition) is 1. The summed E-state index contributed by atoms with van der Waals surface area (Å²) in [5.41, 5.74) is 0. The van der Waals surface area contributed by atoms with E-state index in [1.807, 2.05) is 0 Å². The van der Waals surface area contributed by atoms with Gasteiger partial charge in [-0.2, -0.15) is 0 Å². The van der Waals surface area contributed by atoms with Crippen molar-refractivity contribution in [3.05, 3.63) is 0 Å². The molecule has 0 aromatic rings. The summed E-state index contributed by atoms with van der Waals surface area (Å²) in [7, 11) is 0. The zero-order valence-corrected chi connectivity index (χ0v) is 3.91. The fraction of sp³-hybridized carbons (Fsp3) is 1.00. The smallest absolute Gasteiger partial charge is 0.0428 e. The first-order chi connectivity index (χ1) is 3.39. The van der Waals surface area contributed by atoms with Gasteiger partial charge in [-0.05, 0) is 25.9 Å². The van der Waals surface area contributed by atoms with Crippen molar-refractivity contribution in [3.8, 4) is 0 Å². The highest BCUT2D eigenvalue weighted by atomic mass is 14.9. The molecule has 1 saturated heterocycles. The normalized spacial score (nSPS) is 38.7. The van der Waals surface area contributed by atoms with Gasteiger partial charge in [-0.3, -0.25) is 0 Å². The molecule has 0 spiro atoms. The minimum absolute atomic E-state index is 0.0359. The van der Waals surface area contributed by atoms with Crippen molar-refractivity contribution < 1.29 is 1.37 Å². The fourth-order valence-electron chi connectivity index (χ4n) is 0.678. The molecular weight excluding hydrogens is 74.1 g/mol. The molecule has 1 heteroatoms. The summed E-state index contributed by atoms with van der Waals surface area (Å²) < 4.78 is 7.16. The molecule has 0 amide bonds. The van der Waals surface area contributed by atoms with Gasteiger partial charge in [0, 0.05) is 1.37 Å². The van der Waals surface area contributed by atoms with Crippen LogP contribution >= 0.6 is 0 Å². The van der Waals surface area contributed by atoms with E-state index >= 15 is 0 Å². The Kier molecular flexibility index (Phi) is 1.10. The molecule has 1 fully saturated rings. The average Bonchev–Trinajstić information content (AvgIpc) is 1.69. The van der Waals surface area contributed by atoms with E-state index in [0.29, 0.717) is 0 Å². The largest absolute Gasteiger partial charge is 0.317 e. The highest BCUT2D eigenvalue weighted by molar-refractivity contribution is 4.55. The molecule has 0 bridgehead atoms. The zero-order valence-electron chi connectivity index (χ0n) is 4.91. The Morgan fingerprint density at radius 1 is 1.33 bits per heavy atom. The molecular formula is C5H11N. The van der Waals surface area contributed by atoms with Gasteiger partial charge in [0.15, 0.2) is 0 Å². The molecule has 1 aliphatic heterocycles. The molecule has 0 aromatic carbocycles. The van der Waals surface area contributed by atoms with Gasteiger partial charge in [-0.1, -0.05) is 6.42 Å². The Bertz CT molecular complexity index is 50.0. The van der Waals surface area contributed by atoms with Crippen molar-refractivity contribution in [2.75, 3.05) is 13.1 Å². The Labute approximate surface area is 40.1 Å². The van der Waals surface area contributed by atoms with Gasteiger partial charge in [-0.25, -0.2) is 0 Å². The molecule has 1 unspecified atom stereocenters. The number of hydrogen-bond acceptors (Lipinski definition) is 1. The Balaban J connectivity index is 2.12. The third-order valence-electron chi connectivity index (χ3n) is 1.06. The molecule has 1 aliphatic rings. The first-order valence-electron chi connectivity index (χ1n) is 3.13. The fourth-order valence-corrected chi connectivity index (χ4v) is 0.678. The lowest BCUT2D eigenvalue weighted by Crippen LogP contribution is -2.21. The summed E-state index contributed by atoms with van der Waals surface area (Å²) >= 11 is 0. The lowest BCUT2D eigenvalue weighted by molar-refractivity contribution is 0.520. The molecule has 36 valence electrons. The summed E-state index contributed by atoms with van der Waals surface area (Å²) in [6, 6.07) is 0. The molecule has 1 N–H and O–H groups in total. The minimum atomic E-state index is 0.0359. The van der Waals surface area contributed by atoms with Crippen LogP contribution in [0.2, 0.25) is 0 Å². The topological polar surface area (TPSA) is 12.0 Å². The predicted octanol–water partition coefficient (Wildman–Crippen LogP) is 0.760. The van der Waals surface area contributed by atoms with Gasteiger partial charge in [0.05, 0.1) is 0 Å². The SMILES string of the molecule is [2H]C1CCCCN1. The van der Waals surface area contributed by atoms with Crippen LogP contribution < -0.4 is 5.32 Å². The van der Waals surface area contributed by atoms with Crippen LogP contribution in [0.25, 0.3) is 0 Å². The third-order valence-corrected chi connectivity index (χ3v) is 1.06. The van der Waals surface area contributed by atoms with Gasteiger partial charge in [0.25, 0.3) is 0 Å². The monoisotopic (exact) mass is 86.1 g/mol. The number of nitrogens with one attached hydrogen (secondary N) is 1. The average molecular weight is 86.2 g/mol. The standard InChI is InChI=1S/C5H11N/c1-2-4-6-5-3-1/h6H,1-5H2/i4D. The van der Waals surface area contributed by atoms with E-state index in [2.05, 4.69) is 5.32 Å². The molecule has 1 nitrogen and oxygen atoms in total. The van der Waals surface area contributed by atoms with Crippen molar-refractivity contribution in [2.24, 2.45) is 0 Å². The molecule has 1 rings (SSSR count). The van der Waals surface area contributed by atoms with Crippen molar-refractivity contribution in [1.29, 1.82) is 0 Å². The van der Waals surface area contributed by atoms with Crippen LogP contribution in [-0.2, 0) is 0 Å². The van der Waals surface area contributed by atoms with Gasteiger partial charge in [-0.15, -0.1) is 0 Å². The molecule has 0 saturated carbocycles. The van der Waals surface area contributed by atoms with Crippen molar-refractivity contribution in [2.45, 2.75) is 19.3 Å².